The summed E-state index contributed by atoms with van der Waals surface area (Å²) in [5.41, 5.74) is -8.38. The number of carbonyl (C=O) groups is 5. The third kappa shape index (κ3) is 8.42. The number of alkyl carbamates (subject to hydrolysis) is 1. The van der Waals surface area contributed by atoms with Gasteiger partial charge in [-0.3, -0.25) is 24.5 Å². The number of imide groups is 1. The van der Waals surface area contributed by atoms with E-state index in [1.165, 1.54) is 66.9 Å². The summed E-state index contributed by atoms with van der Waals surface area (Å²) in [7, 11) is 0. The highest BCUT2D eigenvalue weighted by molar-refractivity contribution is 6.09. The summed E-state index contributed by atoms with van der Waals surface area (Å²) in [6, 6.07) is 15.9. The molecule has 0 aliphatic rings. The van der Waals surface area contributed by atoms with Gasteiger partial charge in [-0.05, 0) is 52.7 Å². The van der Waals surface area contributed by atoms with Crippen LogP contribution in [0.2, 0.25) is 0 Å². The average molecular weight is 612 g/mol. The Morgan fingerprint density at radius 3 is 1.75 bits per heavy atom. The Morgan fingerprint density at radius 2 is 1.32 bits per heavy atom. The molecule has 1 radical (unpaired) electrons. The normalized spacial score (nSPS) is 14.2. The highest BCUT2D eigenvalue weighted by Gasteiger charge is 2.71. The number of hydrogen-bond donors (Lipinski definition) is 2. The first kappa shape index (κ1) is 35.5. The van der Waals surface area contributed by atoms with E-state index in [0.29, 0.717) is 5.56 Å². The summed E-state index contributed by atoms with van der Waals surface area (Å²) in [5.74, 6) is -4.71. The number of ether oxygens (including phenoxy) is 3. The number of carboxylic acid groups (broad SMARTS) is 1. The molecule has 2 rings (SSSR count). The van der Waals surface area contributed by atoms with Gasteiger partial charge in [0.25, 0.3) is 6.29 Å². The third-order valence-electron chi connectivity index (χ3n) is 6.15. The molecule has 237 valence electrons. The molecule has 0 aliphatic carbocycles. The number of esters is 1. The van der Waals surface area contributed by atoms with Crippen LogP contribution in [0.15, 0.2) is 60.7 Å². The molecular formula is C32H39N2O10. The zero-order valence-corrected chi connectivity index (χ0v) is 26.0. The van der Waals surface area contributed by atoms with Gasteiger partial charge in [0.2, 0.25) is 17.0 Å². The van der Waals surface area contributed by atoms with Crippen molar-refractivity contribution in [3.05, 3.63) is 71.8 Å². The van der Waals surface area contributed by atoms with Crippen molar-refractivity contribution in [2.45, 2.75) is 84.8 Å². The Bertz CT molecular complexity index is 1350. The maximum atomic E-state index is 14.2. The Hall–Kier alpha value is -4.74. The van der Waals surface area contributed by atoms with Crippen LogP contribution in [-0.2, 0) is 46.4 Å². The van der Waals surface area contributed by atoms with E-state index in [1.54, 1.807) is 48.5 Å². The predicted molar refractivity (Wildman–Crippen MR) is 158 cm³/mol. The first-order valence-corrected chi connectivity index (χ1v) is 13.9. The second kappa shape index (κ2) is 14.2. The van der Waals surface area contributed by atoms with E-state index in [-0.39, 0.29) is 10.5 Å². The van der Waals surface area contributed by atoms with Gasteiger partial charge < -0.3 is 19.3 Å². The zero-order valence-electron chi connectivity index (χ0n) is 26.0. The molecule has 2 N–H and O–H groups in total. The van der Waals surface area contributed by atoms with Crippen LogP contribution in [0.5, 0.6) is 0 Å². The maximum Gasteiger partial charge on any atom is 0.419 e. The molecule has 2 aromatic rings. The lowest BCUT2D eigenvalue weighted by Crippen LogP contribution is -2.78. The quantitative estimate of drug-likeness (QED) is 0.159. The van der Waals surface area contributed by atoms with Crippen molar-refractivity contribution in [1.82, 2.24) is 10.2 Å². The molecule has 2 atom stereocenters. The molecule has 0 spiro atoms. The minimum Gasteiger partial charge on any atom is -0.480 e. The van der Waals surface area contributed by atoms with Crippen LogP contribution in [0.1, 0.15) is 66.0 Å². The zero-order chi connectivity index (χ0) is 33.3. The molecule has 0 saturated heterocycles. The molecule has 12 heteroatoms. The lowest BCUT2D eigenvalue weighted by Gasteiger charge is -2.47. The second-order valence-electron chi connectivity index (χ2n) is 11.9. The van der Waals surface area contributed by atoms with Crippen molar-refractivity contribution in [1.29, 1.82) is 0 Å². The number of benzene rings is 2. The van der Waals surface area contributed by atoms with Crippen LogP contribution in [0.3, 0.4) is 0 Å². The lowest BCUT2D eigenvalue weighted by molar-refractivity contribution is -0.181. The molecule has 0 aliphatic heterocycles. The maximum absolute atomic E-state index is 14.2. The fourth-order valence-electron chi connectivity index (χ4n) is 4.27. The van der Waals surface area contributed by atoms with Crippen LogP contribution >= 0.6 is 0 Å². The van der Waals surface area contributed by atoms with Gasteiger partial charge in [-0.2, -0.15) is 0 Å². The SMILES string of the molecule is CCC(=O)N(C(=O)OC(C)(C)C)[C@@]([C]=O)(NC(=O)OC(C)(C)C)[C@@](Cc1ccccc1)(C(=O)O)C(=O)OCc1ccccc1. The van der Waals surface area contributed by atoms with Crippen molar-refractivity contribution < 1.29 is 48.1 Å². The van der Waals surface area contributed by atoms with Crippen LogP contribution in [0.25, 0.3) is 0 Å². The molecule has 0 aromatic heterocycles. The number of aliphatic carboxylic acids is 1. The summed E-state index contributed by atoms with van der Waals surface area (Å²) >= 11 is 0. The van der Waals surface area contributed by atoms with E-state index in [9.17, 15) is 33.9 Å². The van der Waals surface area contributed by atoms with E-state index in [2.05, 4.69) is 5.32 Å². The molecule has 2 aromatic carbocycles. The molecule has 3 amide bonds. The number of nitrogens with zero attached hydrogens (tertiary/aromatic N) is 1. The Labute approximate surface area is 256 Å². The number of rotatable bonds is 11. The van der Waals surface area contributed by atoms with Crippen LogP contribution in [-0.4, -0.2) is 63.2 Å². The van der Waals surface area contributed by atoms with Crippen molar-refractivity contribution >= 4 is 36.3 Å². The summed E-state index contributed by atoms with van der Waals surface area (Å²) < 4.78 is 16.2. The van der Waals surface area contributed by atoms with E-state index in [0.717, 1.165) is 0 Å². The van der Waals surface area contributed by atoms with Gasteiger partial charge in [-0.25, -0.2) is 14.5 Å². The van der Waals surface area contributed by atoms with E-state index >= 15 is 0 Å². The summed E-state index contributed by atoms with van der Waals surface area (Å²) in [4.78, 5) is 81.7. The molecule has 0 bridgehead atoms. The van der Waals surface area contributed by atoms with Crippen LogP contribution < -0.4 is 5.32 Å². The van der Waals surface area contributed by atoms with Gasteiger partial charge in [0.15, 0.2) is 0 Å². The minimum absolute atomic E-state index is 0.107. The number of carboxylic acids is 1. The number of amides is 3. The van der Waals surface area contributed by atoms with Gasteiger partial charge in [0.1, 0.15) is 17.8 Å². The van der Waals surface area contributed by atoms with Crippen molar-refractivity contribution in [3.8, 4) is 0 Å². The van der Waals surface area contributed by atoms with E-state index in [4.69, 9.17) is 14.2 Å². The highest BCUT2D eigenvalue weighted by Crippen LogP contribution is 2.41. The van der Waals surface area contributed by atoms with Gasteiger partial charge >= 0.3 is 24.1 Å². The van der Waals surface area contributed by atoms with E-state index in [1.807, 2.05) is 0 Å². The first-order chi connectivity index (χ1) is 20.4. The van der Waals surface area contributed by atoms with E-state index < -0.39 is 71.8 Å². The summed E-state index contributed by atoms with van der Waals surface area (Å²) in [5, 5.41) is 13.0. The molecule has 0 unspecified atom stereocenters. The van der Waals surface area contributed by atoms with Gasteiger partial charge in [-0.15, -0.1) is 0 Å². The van der Waals surface area contributed by atoms with Crippen molar-refractivity contribution in [3.63, 3.8) is 0 Å². The monoisotopic (exact) mass is 611 g/mol. The predicted octanol–water partition coefficient (Wildman–Crippen LogP) is 4.55. The van der Waals surface area contributed by atoms with Crippen LogP contribution in [0.4, 0.5) is 9.59 Å². The summed E-state index contributed by atoms with van der Waals surface area (Å²) in [6.45, 7) is 9.76. The smallest absolute Gasteiger partial charge is 0.419 e. The minimum atomic E-state index is -3.37. The van der Waals surface area contributed by atoms with Crippen molar-refractivity contribution in [2.75, 3.05) is 0 Å². The number of carbonyl (C=O) groups excluding carboxylic acids is 5. The number of nitrogens with one attached hydrogen (secondary N) is 1. The Balaban J connectivity index is 3.00. The molecule has 0 fully saturated rings. The lowest BCUT2D eigenvalue weighted by atomic mass is 9.69. The van der Waals surface area contributed by atoms with Crippen LogP contribution in [0, 0.1) is 5.41 Å². The molecule has 0 heterocycles. The molecule has 12 nitrogen and oxygen atoms in total. The Kier molecular flexibility index (Phi) is 11.4. The molecular weight excluding hydrogens is 572 g/mol. The second-order valence-corrected chi connectivity index (χ2v) is 11.9. The molecule has 44 heavy (non-hydrogen) atoms. The Morgan fingerprint density at radius 1 is 0.818 bits per heavy atom. The third-order valence-corrected chi connectivity index (χ3v) is 6.15. The first-order valence-electron chi connectivity index (χ1n) is 13.9. The van der Waals surface area contributed by atoms with Crippen molar-refractivity contribution in [2.24, 2.45) is 5.41 Å². The fourth-order valence-corrected chi connectivity index (χ4v) is 4.27. The largest absolute Gasteiger partial charge is 0.480 e. The van der Waals surface area contributed by atoms with Gasteiger partial charge in [0.05, 0.1) is 0 Å². The van der Waals surface area contributed by atoms with Gasteiger partial charge in [0, 0.05) is 12.8 Å². The average Bonchev–Trinajstić information content (AvgIpc) is 2.93. The standard InChI is InChI=1S/C32H39N2O10/c1-8-24(36)34(28(41)44-30(5,6)7)32(21-35,33-27(40)43-29(2,3)4)31(25(37)38,19-22-15-11-9-12-16-22)26(39)42-20-23-17-13-10-14-18-23/h9-18H,8,19-20H2,1-7H3,(H,33,40)(H,37,38)/t31-,32+/m0/s1. The molecule has 0 saturated carbocycles. The topological polar surface area (TPSA) is 166 Å². The fraction of sp³-hybridized carbons (Fsp3) is 0.438. The van der Waals surface area contributed by atoms with Gasteiger partial charge in [-0.1, -0.05) is 67.6 Å². The number of hydrogen-bond acceptors (Lipinski definition) is 9. The summed E-state index contributed by atoms with van der Waals surface area (Å²) in [6.07, 6.45) is -2.85. The highest BCUT2D eigenvalue weighted by atomic mass is 16.6.